The highest BCUT2D eigenvalue weighted by molar-refractivity contribution is 7.90. The Morgan fingerprint density at radius 1 is 1.16 bits per heavy atom. The molecule has 2 fully saturated rings. The second kappa shape index (κ2) is 9.73. The Balaban J connectivity index is 1.59. The SMILES string of the molecule is CS(=O)(=O)c1ccc(/C(=C\C2CCCC2)C(=O)Nc2ccc(C3CCCO3)cn2)cc1Cl. The van der Waals surface area contributed by atoms with Crippen molar-refractivity contribution in [2.45, 2.75) is 49.5 Å². The maximum atomic E-state index is 13.2. The molecule has 1 amide bonds. The fourth-order valence-corrected chi connectivity index (χ4v) is 5.66. The molecule has 4 rings (SSSR count). The van der Waals surface area contributed by atoms with E-state index in [0.29, 0.717) is 22.9 Å². The highest BCUT2D eigenvalue weighted by atomic mass is 35.5. The van der Waals surface area contributed by atoms with Crippen molar-refractivity contribution in [1.29, 1.82) is 0 Å². The second-order valence-corrected chi connectivity index (χ2v) is 10.9. The molecule has 1 aromatic heterocycles. The summed E-state index contributed by atoms with van der Waals surface area (Å²) in [6, 6.07) is 8.35. The number of carbonyl (C=O) groups excluding carboxylic acids is 1. The van der Waals surface area contributed by atoms with Gasteiger partial charge in [0.15, 0.2) is 9.84 Å². The molecular formula is C24H27ClN2O4S. The van der Waals surface area contributed by atoms with E-state index in [9.17, 15) is 13.2 Å². The van der Waals surface area contributed by atoms with Gasteiger partial charge in [-0.1, -0.05) is 42.7 Å². The Labute approximate surface area is 194 Å². The van der Waals surface area contributed by atoms with Gasteiger partial charge in [-0.2, -0.15) is 0 Å². The molecule has 1 saturated carbocycles. The third-order valence-corrected chi connectivity index (χ3v) is 7.60. The summed E-state index contributed by atoms with van der Waals surface area (Å²) in [5.41, 5.74) is 2.07. The molecule has 1 aliphatic carbocycles. The zero-order chi connectivity index (χ0) is 22.7. The van der Waals surface area contributed by atoms with Crippen molar-refractivity contribution in [3.8, 4) is 0 Å². The molecule has 0 bridgehead atoms. The fraction of sp³-hybridized carbons (Fsp3) is 0.417. The maximum Gasteiger partial charge on any atom is 0.257 e. The number of rotatable bonds is 6. The molecule has 170 valence electrons. The quantitative estimate of drug-likeness (QED) is 0.581. The summed E-state index contributed by atoms with van der Waals surface area (Å²) in [5.74, 6) is 0.462. The first kappa shape index (κ1) is 23.0. The molecule has 2 aromatic rings. The molecule has 1 aliphatic heterocycles. The maximum absolute atomic E-state index is 13.2. The Bertz CT molecular complexity index is 1120. The van der Waals surface area contributed by atoms with E-state index in [0.717, 1.165) is 57.0 Å². The van der Waals surface area contributed by atoms with Gasteiger partial charge in [-0.15, -0.1) is 0 Å². The van der Waals surface area contributed by atoms with Gasteiger partial charge in [-0.05, 0) is 60.9 Å². The lowest BCUT2D eigenvalue weighted by molar-refractivity contribution is -0.111. The Hall–Kier alpha value is -2.22. The normalized spacial score (nSPS) is 19.9. The van der Waals surface area contributed by atoms with Gasteiger partial charge in [-0.3, -0.25) is 4.79 Å². The number of pyridine rings is 1. The molecule has 1 atom stereocenters. The molecule has 1 saturated heterocycles. The number of allylic oxidation sites excluding steroid dienone is 1. The van der Waals surface area contributed by atoms with Crippen molar-refractivity contribution >= 4 is 38.7 Å². The molecule has 8 heteroatoms. The lowest BCUT2D eigenvalue weighted by atomic mass is 9.98. The summed E-state index contributed by atoms with van der Waals surface area (Å²) in [5, 5.41) is 2.98. The van der Waals surface area contributed by atoms with Crippen LogP contribution in [0.2, 0.25) is 5.02 Å². The Kier molecular flexibility index (Phi) is 6.98. The summed E-state index contributed by atoms with van der Waals surface area (Å²) in [6.45, 7) is 0.763. The van der Waals surface area contributed by atoms with Crippen LogP contribution in [-0.2, 0) is 19.4 Å². The Morgan fingerprint density at radius 3 is 2.53 bits per heavy atom. The van der Waals surface area contributed by atoms with Gasteiger partial charge >= 0.3 is 0 Å². The number of halogens is 1. The number of nitrogens with zero attached hydrogens (tertiary/aromatic N) is 1. The molecule has 6 nitrogen and oxygen atoms in total. The van der Waals surface area contributed by atoms with Crippen LogP contribution in [0.4, 0.5) is 5.82 Å². The van der Waals surface area contributed by atoms with Crippen molar-refractivity contribution < 1.29 is 17.9 Å². The summed E-state index contributed by atoms with van der Waals surface area (Å²) in [4.78, 5) is 17.7. The largest absolute Gasteiger partial charge is 0.373 e. The average Bonchev–Trinajstić information content (AvgIpc) is 3.46. The predicted molar refractivity (Wildman–Crippen MR) is 125 cm³/mol. The Morgan fingerprint density at radius 2 is 1.94 bits per heavy atom. The average molecular weight is 475 g/mol. The molecular weight excluding hydrogens is 448 g/mol. The first-order chi connectivity index (χ1) is 15.3. The number of hydrogen-bond acceptors (Lipinski definition) is 5. The third-order valence-electron chi connectivity index (χ3n) is 6.02. The van der Waals surface area contributed by atoms with Gasteiger partial charge in [-0.25, -0.2) is 13.4 Å². The van der Waals surface area contributed by atoms with Crippen LogP contribution < -0.4 is 5.32 Å². The summed E-state index contributed by atoms with van der Waals surface area (Å²) >= 11 is 6.26. The van der Waals surface area contributed by atoms with Crippen molar-refractivity contribution in [2.24, 2.45) is 5.92 Å². The molecule has 1 N–H and O–H groups in total. The number of nitrogens with one attached hydrogen (secondary N) is 1. The summed E-state index contributed by atoms with van der Waals surface area (Å²) in [6.07, 6.45) is 11.2. The van der Waals surface area contributed by atoms with E-state index in [2.05, 4.69) is 10.3 Å². The number of benzene rings is 1. The van der Waals surface area contributed by atoms with Crippen molar-refractivity contribution in [3.63, 3.8) is 0 Å². The van der Waals surface area contributed by atoms with E-state index in [1.54, 1.807) is 24.4 Å². The van der Waals surface area contributed by atoms with Crippen LogP contribution >= 0.6 is 11.6 Å². The van der Waals surface area contributed by atoms with Crippen molar-refractivity contribution in [1.82, 2.24) is 4.98 Å². The minimum atomic E-state index is -3.45. The van der Waals surface area contributed by atoms with Crippen molar-refractivity contribution in [3.05, 3.63) is 58.8 Å². The number of hydrogen-bond donors (Lipinski definition) is 1. The second-order valence-electron chi connectivity index (χ2n) is 8.47. The van der Waals surface area contributed by atoms with Crippen LogP contribution in [0, 0.1) is 5.92 Å². The molecule has 0 spiro atoms. The van der Waals surface area contributed by atoms with E-state index in [1.165, 1.54) is 6.07 Å². The number of amides is 1. The summed E-state index contributed by atoms with van der Waals surface area (Å²) < 4.78 is 29.5. The lowest BCUT2D eigenvalue weighted by Gasteiger charge is -2.14. The monoisotopic (exact) mass is 474 g/mol. The van der Waals surface area contributed by atoms with E-state index in [4.69, 9.17) is 16.3 Å². The minimum Gasteiger partial charge on any atom is -0.373 e. The number of anilines is 1. The van der Waals surface area contributed by atoms with Gasteiger partial charge < -0.3 is 10.1 Å². The van der Waals surface area contributed by atoms with E-state index in [-0.39, 0.29) is 21.9 Å². The van der Waals surface area contributed by atoms with Crippen LogP contribution in [0.5, 0.6) is 0 Å². The molecule has 2 heterocycles. The van der Waals surface area contributed by atoms with Crippen LogP contribution in [0.15, 0.2) is 47.5 Å². The molecule has 1 unspecified atom stereocenters. The predicted octanol–water partition coefficient (Wildman–Crippen LogP) is 5.20. The fourth-order valence-electron chi connectivity index (χ4n) is 4.33. The highest BCUT2D eigenvalue weighted by Gasteiger charge is 2.22. The number of aromatic nitrogens is 1. The smallest absolute Gasteiger partial charge is 0.257 e. The van der Waals surface area contributed by atoms with E-state index in [1.807, 2.05) is 12.1 Å². The molecule has 2 aliphatic rings. The highest BCUT2D eigenvalue weighted by Crippen LogP contribution is 2.32. The molecule has 1 aromatic carbocycles. The van der Waals surface area contributed by atoms with Crippen LogP contribution in [-0.4, -0.2) is 32.2 Å². The summed E-state index contributed by atoms with van der Waals surface area (Å²) in [7, 11) is -3.45. The van der Waals surface area contributed by atoms with Crippen molar-refractivity contribution in [2.75, 3.05) is 18.2 Å². The third kappa shape index (κ3) is 5.39. The van der Waals surface area contributed by atoms with Crippen LogP contribution in [0.25, 0.3) is 5.57 Å². The lowest BCUT2D eigenvalue weighted by Crippen LogP contribution is -2.16. The van der Waals surface area contributed by atoms with Crippen LogP contribution in [0.1, 0.15) is 55.8 Å². The van der Waals surface area contributed by atoms with E-state index >= 15 is 0 Å². The first-order valence-electron chi connectivity index (χ1n) is 10.9. The minimum absolute atomic E-state index is 0.0509. The van der Waals surface area contributed by atoms with Gasteiger partial charge in [0.25, 0.3) is 5.91 Å². The van der Waals surface area contributed by atoms with Gasteiger partial charge in [0.1, 0.15) is 5.82 Å². The molecule has 0 radical (unpaired) electrons. The number of carbonyl (C=O) groups is 1. The van der Waals surface area contributed by atoms with E-state index < -0.39 is 9.84 Å². The number of ether oxygens (including phenoxy) is 1. The van der Waals surface area contributed by atoms with Crippen LogP contribution in [0.3, 0.4) is 0 Å². The van der Waals surface area contributed by atoms with Gasteiger partial charge in [0.05, 0.1) is 16.0 Å². The first-order valence-corrected chi connectivity index (χ1v) is 13.2. The van der Waals surface area contributed by atoms with Gasteiger partial charge in [0, 0.05) is 24.6 Å². The zero-order valence-electron chi connectivity index (χ0n) is 18.0. The number of sulfone groups is 1. The molecule has 32 heavy (non-hydrogen) atoms. The zero-order valence-corrected chi connectivity index (χ0v) is 19.6. The van der Waals surface area contributed by atoms with Gasteiger partial charge in [0.2, 0.25) is 0 Å². The standard InChI is InChI=1S/C24H27ClN2O4S/c1-32(29,30)22-10-8-17(14-20(22)25)19(13-16-5-2-3-6-16)24(28)27-23-11-9-18(15-26-23)21-7-4-12-31-21/h8-11,13-16,21H,2-7,12H2,1H3,(H,26,27,28)/b19-13+. The topological polar surface area (TPSA) is 85.4 Å².